The first-order valence-corrected chi connectivity index (χ1v) is 5.36. The maximum Gasteiger partial charge on any atom is 0.387 e. The lowest BCUT2D eigenvalue weighted by Crippen LogP contribution is -2.05. The highest BCUT2D eigenvalue weighted by molar-refractivity contribution is 6.17. The SMILES string of the molecule is O=[N+]([O-])c1ccc(OC(F)F)c(CCCCl)c1. The van der Waals surface area contributed by atoms with Crippen molar-refractivity contribution in [2.75, 3.05) is 5.88 Å². The highest BCUT2D eigenvalue weighted by Gasteiger charge is 2.14. The van der Waals surface area contributed by atoms with Crippen LogP contribution in [-0.4, -0.2) is 17.4 Å². The Kier molecular flexibility index (Phi) is 5.09. The Balaban J connectivity index is 2.98. The topological polar surface area (TPSA) is 52.4 Å². The minimum Gasteiger partial charge on any atom is -0.435 e. The van der Waals surface area contributed by atoms with E-state index in [1.54, 1.807) is 0 Å². The van der Waals surface area contributed by atoms with Gasteiger partial charge in [-0.15, -0.1) is 11.6 Å². The van der Waals surface area contributed by atoms with E-state index < -0.39 is 11.5 Å². The number of hydrogen-bond donors (Lipinski definition) is 0. The molecule has 1 rings (SSSR count). The summed E-state index contributed by atoms with van der Waals surface area (Å²) in [6.07, 6.45) is 0.884. The second kappa shape index (κ2) is 6.34. The maximum absolute atomic E-state index is 12.1. The number of alkyl halides is 3. The number of aryl methyl sites for hydroxylation is 1. The fourth-order valence-electron chi connectivity index (χ4n) is 1.34. The second-order valence-corrected chi connectivity index (χ2v) is 3.60. The lowest BCUT2D eigenvalue weighted by molar-refractivity contribution is -0.385. The number of nitrogens with zero attached hydrogens (tertiary/aromatic N) is 1. The molecule has 94 valence electrons. The van der Waals surface area contributed by atoms with Crippen molar-refractivity contribution >= 4 is 17.3 Å². The van der Waals surface area contributed by atoms with Gasteiger partial charge in [0.15, 0.2) is 0 Å². The lowest BCUT2D eigenvalue weighted by atomic mass is 10.1. The lowest BCUT2D eigenvalue weighted by Gasteiger charge is -2.09. The van der Waals surface area contributed by atoms with Gasteiger partial charge in [-0.2, -0.15) is 8.78 Å². The van der Waals surface area contributed by atoms with Crippen molar-refractivity contribution in [1.82, 2.24) is 0 Å². The van der Waals surface area contributed by atoms with E-state index in [0.29, 0.717) is 24.3 Å². The monoisotopic (exact) mass is 265 g/mol. The fourth-order valence-corrected chi connectivity index (χ4v) is 1.48. The van der Waals surface area contributed by atoms with E-state index >= 15 is 0 Å². The third-order valence-electron chi connectivity index (χ3n) is 2.05. The highest BCUT2D eigenvalue weighted by atomic mass is 35.5. The molecule has 4 nitrogen and oxygen atoms in total. The largest absolute Gasteiger partial charge is 0.435 e. The molecule has 0 heterocycles. The Morgan fingerprint density at radius 3 is 2.71 bits per heavy atom. The van der Waals surface area contributed by atoms with Crippen molar-refractivity contribution in [3.63, 3.8) is 0 Å². The highest BCUT2D eigenvalue weighted by Crippen LogP contribution is 2.26. The van der Waals surface area contributed by atoms with Crippen LogP contribution in [0.4, 0.5) is 14.5 Å². The van der Waals surface area contributed by atoms with Crippen LogP contribution in [0.5, 0.6) is 5.75 Å². The molecule has 0 saturated carbocycles. The number of rotatable bonds is 6. The van der Waals surface area contributed by atoms with E-state index in [4.69, 9.17) is 11.6 Å². The van der Waals surface area contributed by atoms with Crippen molar-refractivity contribution in [3.8, 4) is 5.75 Å². The molecule has 0 radical (unpaired) electrons. The molecule has 0 fully saturated rings. The van der Waals surface area contributed by atoms with Gasteiger partial charge in [-0.05, 0) is 18.9 Å². The summed E-state index contributed by atoms with van der Waals surface area (Å²) in [5.41, 5.74) is 0.205. The first-order valence-electron chi connectivity index (χ1n) is 4.82. The van der Waals surface area contributed by atoms with Gasteiger partial charge in [0.1, 0.15) is 5.75 Å². The molecule has 0 bridgehead atoms. The van der Waals surface area contributed by atoms with Gasteiger partial charge in [-0.25, -0.2) is 0 Å². The number of halogens is 3. The van der Waals surface area contributed by atoms with Crippen LogP contribution in [0.3, 0.4) is 0 Å². The summed E-state index contributed by atoms with van der Waals surface area (Å²) in [5.74, 6) is 0.298. The molecular formula is C10H10ClF2NO3. The number of nitro benzene ring substituents is 1. The molecule has 0 N–H and O–H groups in total. The summed E-state index contributed by atoms with van der Waals surface area (Å²) in [6.45, 7) is -2.95. The van der Waals surface area contributed by atoms with E-state index in [1.165, 1.54) is 12.1 Å². The van der Waals surface area contributed by atoms with Gasteiger partial charge in [0.05, 0.1) is 4.92 Å². The first kappa shape index (κ1) is 13.6. The molecule has 0 saturated heterocycles. The standard InChI is InChI=1S/C10H10ClF2NO3/c11-5-1-2-7-6-8(14(15)16)3-4-9(7)17-10(12)13/h3-4,6,10H,1-2,5H2. The predicted molar refractivity (Wildman–Crippen MR) is 58.8 cm³/mol. The molecule has 17 heavy (non-hydrogen) atoms. The van der Waals surface area contributed by atoms with Gasteiger partial charge in [-0.1, -0.05) is 0 Å². The normalized spacial score (nSPS) is 10.6. The average molecular weight is 266 g/mol. The van der Waals surface area contributed by atoms with Crippen LogP contribution < -0.4 is 4.74 Å². The zero-order valence-corrected chi connectivity index (χ0v) is 9.49. The summed E-state index contributed by atoms with van der Waals surface area (Å²) in [4.78, 5) is 9.96. The van der Waals surface area contributed by atoms with Crippen LogP contribution in [0.1, 0.15) is 12.0 Å². The Labute approximate surface area is 101 Å². The van der Waals surface area contributed by atoms with Crippen LogP contribution in [0.15, 0.2) is 18.2 Å². The minimum absolute atomic E-state index is 0.0456. The van der Waals surface area contributed by atoms with Gasteiger partial charge in [0, 0.05) is 23.6 Å². The first-order chi connectivity index (χ1) is 8.04. The molecule has 0 spiro atoms. The van der Waals surface area contributed by atoms with Crippen LogP contribution >= 0.6 is 11.6 Å². The zero-order chi connectivity index (χ0) is 12.8. The van der Waals surface area contributed by atoms with E-state index in [0.717, 1.165) is 6.07 Å². The Bertz CT molecular complexity index is 401. The Morgan fingerprint density at radius 2 is 2.18 bits per heavy atom. The number of nitro groups is 1. The molecule has 0 unspecified atom stereocenters. The molecule has 7 heteroatoms. The number of benzene rings is 1. The molecule has 0 amide bonds. The number of non-ortho nitro benzene ring substituents is 1. The van der Waals surface area contributed by atoms with E-state index in [1.807, 2.05) is 0 Å². The summed E-state index contributed by atoms with van der Waals surface area (Å²) >= 11 is 5.49. The van der Waals surface area contributed by atoms with Gasteiger partial charge < -0.3 is 4.74 Å². The predicted octanol–water partition coefficient (Wildman–Crippen LogP) is 3.37. The number of ether oxygens (including phenoxy) is 1. The summed E-state index contributed by atoms with van der Waals surface area (Å²) in [5, 5.41) is 10.6. The van der Waals surface area contributed by atoms with Crippen LogP contribution in [0.2, 0.25) is 0 Å². The molecule has 0 aromatic heterocycles. The van der Waals surface area contributed by atoms with Gasteiger partial charge in [-0.3, -0.25) is 10.1 Å². The summed E-state index contributed by atoms with van der Waals surface area (Å²) < 4.78 is 28.5. The van der Waals surface area contributed by atoms with Crippen LogP contribution in [-0.2, 0) is 6.42 Å². The Hall–Kier alpha value is -1.43. The number of hydrogen-bond acceptors (Lipinski definition) is 3. The fraction of sp³-hybridized carbons (Fsp3) is 0.400. The van der Waals surface area contributed by atoms with Gasteiger partial charge in [0.25, 0.3) is 5.69 Å². The van der Waals surface area contributed by atoms with Crippen molar-refractivity contribution in [1.29, 1.82) is 0 Å². The molecule has 1 aromatic carbocycles. The second-order valence-electron chi connectivity index (χ2n) is 3.22. The van der Waals surface area contributed by atoms with Crippen molar-refractivity contribution < 1.29 is 18.4 Å². The zero-order valence-electron chi connectivity index (χ0n) is 8.74. The van der Waals surface area contributed by atoms with E-state index in [-0.39, 0.29) is 11.4 Å². The van der Waals surface area contributed by atoms with Crippen molar-refractivity contribution in [3.05, 3.63) is 33.9 Å². The third-order valence-corrected chi connectivity index (χ3v) is 2.32. The summed E-state index contributed by atoms with van der Waals surface area (Å²) in [6, 6.07) is 3.53. The molecular weight excluding hydrogens is 256 g/mol. The molecule has 0 atom stereocenters. The smallest absolute Gasteiger partial charge is 0.387 e. The van der Waals surface area contributed by atoms with E-state index in [2.05, 4.69) is 4.74 Å². The van der Waals surface area contributed by atoms with Gasteiger partial charge >= 0.3 is 6.61 Å². The molecule has 1 aromatic rings. The van der Waals surface area contributed by atoms with Crippen molar-refractivity contribution in [2.24, 2.45) is 0 Å². The Morgan fingerprint density at radius 1 is 1.47 bits per heavy atom. The van der Waals surface area contributed by atoms with Crippen LogP contribution in [0, 0.1) is 10.1 Å². The van der Waals surface area contributed by atoms with Crippen molar-refractivity contribution in [2.45, 2.75) is 19.5 Å². The minimum atomic E-state index is -2.95. The van der Waals surface area contributed by atoms with Crippen LogP contribution in [0.25, 0.3) is 0 Å². The maximum atomic E-state index is 12.1. The summed E-state index contributed by atoms with van der Waals surface area (Å²) in [7, 11) is 0. The average Bonchev–Trinajstić information content (AvgIpc) is 2.26. The van der Waals surface area contributed by atoms with E-state index in [9.17, 15) is 18.9 Å². The quantitative estimate of drug-likeness (QED) is 0.450. The molecule has 0 aliphatic carbocycles. The third kappa shape index (κ3) is 4.14. The molecule has 0 aliphatic heterocycles. The molecule has 0 aliphatic rings. The van der Waals surface area contributed by atoms with Gasteiger partial charge in [0.2, 0.25) is 0 Å².